The summed E-state index contributed by atoms with van der Waals surface area (Å²) in [6.45, 7) is 1.94. The van der Waals surface area contributed by atoms with E-state index >= 15 is 0 Å². The number of rotatable bonds is 2. The summed E-state index contributed by atoms with van der Waals surface area (Å²) in [5, 5.41) is 3.03. The molecule has 2 unspecified atom stereocenters. The molecule has 18 heavy (non-hydrogen) atoms. The maximum absolute atomic E-state index is 12.3. The topological polar surface area (TPSA) is 63.8 Å². The molecule has 1 fully saturated rings. The Kier molecular flexibility index (Phi) is 3.18. The number of alkyl halides is 3. The molecular weight excluding hydrogens is 245 g/mol. The molecule has 4 nitrogen and oxygen atoms in total. The summed E-state index contributed by atoms with van der Waals surface area (Å²) in [7, 11) is 0. The highest BCUT2D eigenvalue weighted by molar-refractivity contribution is 5.32. The van der Waals surface area contributed by atoms with Crippen LogP contribution in [0.15, 0.2) is 12.4 Å². The van der Waals surface area contributed by atoms with Gasteiger partial charge in [0.05, 0.1) is 11.1 Å². The van der Waals surface area contributed by atoms with Crippen LogP contribution in [0.3, 0.4) is 0 Å². The SMILES string of the molecule is CC1(Nc2ncc(C(F)(F)F)cn2)CCCC1N. The molecule has 1 saturated carbocycles. The molecule has 7 heteroatoms. The van der Waals surface area contributed by atoms with E-state index in [0.29, 0.717) is 0 Å². The van der Waals surface area contributed by atoms with Crippen LogP contribution in [0.1, 0.15) is 31.7 Å². The quantitative estimate of drug-likeness (QED) is 0.855. The second-order valence-corrected chi connectivity index (χ2v) is 4.83. The van der Waals surface area contributed by atoms with Gasteiger partial charge in [-0.2, -0.15) is 13.2 Å². The normalized spacial score (nSPS) is 28.4. The lowest BCUT2D eigenvalue weighted by Gasteiger charge is -2.30. The first-order valence-electron chi connectivity index (χ1n) is 5.74. The summed E-state index contributed by atoms with van der Waals surface area (Å²) in [6, 6.07) is -0.0385. The van der Waals surface area contributed by atoms with Gasteiger partial charge in [0.25, 0.3) is 0 Å². The number of aromatic nitrogens is 2. The van der Waals surface area contributed by atoms with Crippen molar-refractivity contribution < 1.29 is 13.2 Å². The molecule has 2 atom stereocenters. The lowest BCUT2D eigenvalue weighted by molar-refractivity contribution is -0.138. The summed E-state index contributed by atoms with van der Waals surface area (Å²) in [6.07, 6.45) is -0.113. The van der Waals surface area contributed by atoms with Gasteiger partial charge in [0.1, 0.15) is 0 Å². The standard InChI is InChI=1S/C11H15F3N4/c1-10(4-2-3-8(10)15)18-9-16-5-7(6-17-9)11(12,13)14/h5-6,8H,2-4,15H2,1H3,(H,16,17,18). The monoisotopic (exact) mass is 260 g/mol. The van der Waals surface area contributed by atoms with Gasteiger partial charge in [-0.3, -0.25) is 0 Å². The fraction of sp³-hybridized carbons (Fsp3) is 0.636. The molecule has 0 saturated heterocycles. The van der Waals surface area contributed by atoms with Crippen LogP contribution in [0.5, 0.6) is 0 Å². The van der Waals surface area contributed by atoms with E-state index in [4.69, 9.17) is 5.73 Å². The molecule has 0 radical (unpaired) electrons. The number of hydrogen-bond acceptors (Lipinski definition) is 4. The average molecular weight is 260 g/mol. The molecule has 2 rings (SSSR count). The van der Waals surface area contributed by atoms with Crippen LogP contribution < -0.4 is 11.1 Å². The Morgan fingerprint density at radius 2 is 2.00 bits per heavy atom. The maximum atomic E-state index is 12.3. The molecule has 1 aliphatic carbocycles. The number of nitrogens with two attached hydrogens (primary N) is 1. The highest BCUT2D eigenvalue weighted by Crippen LogP contribution is 2.32. The Morgan fingerprint density at radius 3 is 2.44 bits per heavy atom. The molecule has 1 aliphatic rings. The van der Waals surface area contributed by atoms with Gasteiger partial charge in [-0.05, 0) is 26.2 Å². The van der Waals surface area contributed by atoms with Crippen molar-refractivity contribution >= 4 is 5.95 Å². The predicted octanol–water partition coefficient (Wildman–Crippen LogP) is 2.18. The van der Waals surface area contributed by atoms with E-state index < -0.39 is 11.7 Å². The number of halogens is 3. The molecule has 3 N–H and O–H groups in total. The van der Waals surface area contributed by atoms with E-state index in [-0.39, 0.29) is 17.5 Å². The molecule has 0 aliphatic heterocycles. The number of nitrogens with zero attached hydrogens (tertiary/aromatic N) is 2. The Morgan fingerprint density at radius 1 is 1.39 bits per heavy atom. The van der Waals surface area contributed by atoms with Gasteiger partial charge in [0.15, 0.2) is 0 Å². The minimum atomic E-state index is -4.41. The molecule has 1 aromatic rings. The number of anilines is 1. The first-order chi connectivity index (χ1) is 8.31. The van der Waals surface area contributed by atoms with Crippen molar-refractivity contribution in [2.24, 2.45) is 5.73 Å². The maximum Gasteiger partial charge on any atom is 0.419 e. The van der Waals surface area contributed by atoms with Crippen LogP contribution in [-0.4, -0.2) is 21.5 Å². The molecule has 1 aromatic heterocycles. The summed E-state index contributed by atoms with van der Waals surface area (Å²) in [4.78, 5) is 7.38. The van der Waals surface area contributed by atoms with E-state index in [0.717, 1.165) is 31.7 Å². The largest absolute Gasteiger partial charge is 0.419 e. The van der Waals surface area contributed by atoms with Crippen LogP contribution in [0, 0.1) is 0 Å². The van der Waals surface area contributed by atoms with Gasteiger partial charge in [0.2, 0.25) is 5.95 Å². The van der Waals surface area contributed by atoms with Gasteiger partial charge in [-0.25, -0.2) is 9.97 Å². The van der Waals surface area contributed by atoms with Gasteiger partial charge >= 0.3 is 6.18 Å². The highest BCUT2D eigenvalue weighted by Gasteiger charge is 2.37. The Labute approximate surface area is 103 Å². The van der Waals surface area contributed by atoms with Gasteiger partial charge in [-0.1, -0.05) is 0 Å². The number of hydrogen-bond donors (Lipinski definition) is 2. The number of nitrogens with one attached hydrogen (secondary N) is 1. The third-order valence-corrected chi connectivity index (χ3v) is 3.41. The van der Waals surface area contributed by atoms with Gasteiger partial charge in [0, 0.05) is 18.4 Å². The van der Waals surface area contributed by atoms with Crippen molar-refractivity contribution in [1.29, 1.82) is 0 Å². The lowest BCUT2D eigenvalue weighted by Crippen LogP contribution is -2.47. The first kappa shape index (κ1) is 13.1. The van der Waals surface area contributed by atoms with Crippen molar-refractivity contribution in [3.05, 3.63) is 18.0 Å². The van der Waals surface area contributed by atoms with Crippen LogP contribution >= 0.6 is 0 Å². The summed E-state index contributed by atoms with van der Waals surface area (Å²) in [5.74, 6) is 0.183. The van der Waals surface area contributed by atoms with E-state index in [9.17, 15) is 13.2 Å². The van der Waals surface area contributed by atoms with E-state index in [1.165, 1.54) is 0 Å². The minimum Gasteiger partial charge on any atom is -0.348 e. The third-order valence-electron chi connectivity index (χ3n) is 3.41. The van der Waals surface area contributed by atoms with Crippen LogP contribution in [-0.2, 0) is 6.18 Å². The van der Waals surface area contributed by atoms with E-state index in [1.807, 2.05) is 6.92 Å². The lowest BCUT2D eigenvalue weighted by atomic mass is 9.97. The summed E-state index contributed by atoms with van der Waals surface area (Å²) >= 11 is 0. The van der Waals surface area contributed by atoms with Crippen molar-refractivity contribution in [2.75, 3.05) is 5.32 Å². The van der Waals surface area contributed by atoms with Gasteiger partial charge in [-0.15, -0.1) is 0 Å². The van der Waals surface area contributed by atoms with Crippen LogP contribution in [0.25, 0.3) is 0 Å². The minimum absolute atomic E-state index is 0.0385. The second-order valence-electron chi connectivity index (χ2n) is 4.83. The Hall–Kier alpha value is -1.37. The zero-order valence-electron chi connectivity index (χ0n) is 9.96. The zero-order chi connectivity index (χ0) is 13.4. The fourth-order valence-electron chi connectivity index (χ4n) is 2.14. The molecule has 1 heterocycles. The van der Waals surface area contributed by atoms with Crippen molar-refractivity contribution in [3.8, 4) is 0 Å². The predicted molar refractivity (Wildman–Crippen MR) is 60.9 cm³/mol. The molecular formula is C11H15F3N4. The summed E-state index contributed by atoms with van der Waals surface area (Å²) < 4.78 is 37.0. The van der Waals surface area contributed by atoms with Crippen LogP contribution in [0.4, 0.5) is 19.1 Å². The molecule has 0 amide bonds. The van der Waals surface area contributed by atoms with Crippen LogP contribution in [0.2, 0.25) is 0 Å². The fourth-order valence-corrected chi connectivity index (χ4v) is 2.14. The van der Waals surface area contributed by atoms with E-state index in [2.05, 4.69) is 15.3 Å². The van der Waals surface area contributed by atoms with Crippen molar-refractivity contribution in [1.82, 2.24) is 9.97 Å². The third kappa shape index (κ3) is 2.55. The highest BCUT2D eigenvalue weighted by atomic mass is 19.4. The Balaban J connectivity index is 2.11. The van der Waals surface area contributed by atoms with Gasteiger partial charge < -0.3 is 11.1 Å². The Bertz CT molecular complexity index is 417. The first-order valence-corrected chi connectivity index (χ1v) is 5.74. The van der Waals surface area contributed by atoms with E-state index in [1.54, 1.807) is 0 Å². The molecule has 100 valence electrons. The zero-order valence-corrected chi connectivity index (χ0v) is 9.96. The smallest absolute Gasteiger partial charge is 0.348 e. The average Bonchev–Trinajstić information content (AvgIpc) is 2.58. The molecule has 0 aromatic carbocycles. The molecule has 0 spiro atoms. The van der Waals surface area contributed by atoms with Crippen molar-refractivity contribution in [3.63, 3.8) is 0 Å². The van der Waals surface area contributed by atoms with Crippen molar-refractivity contribution in [2.45, 2.75) is 43.9 Å². The summed E-state index contributed by atoms with van der Waals surface area (Å²) in [5.41, 5.74) is 4.76. The molecule has 0 bridgehead atoms. The second kappa shape index (κ2) is 4.38.